The maximum Gasteiger partial charge on any atom is 0.165 e. The van der Waals surface area contributed by atoms with Crippen molar-refractivity contribution < 1.29 is 9.53 Å². The van der Waals surface area contributed by atoms with Gasteiger partial charge in [-0.2, -0.15) is 0 Å². The molecule has 0 aromatic rings. The van der Waals surface area contributed by atoms with Crippen LogP contribution in [0.15, 0.2) is 12.2 Å². The molecule has 1 aliphatic rings. The first-order chi connectivity index (χ1) is 6.67. The van der Waals surface area contributed by atoms with E-state index in [-0.39, 0.29) is 18.0 Å². The van der Waals surface area contributed by atoms with E-state index in [0.717, 1.165) is 24.8 Å². The highest BCUT2D eigenvalue weighted by Crippen LogP contribution is 2.21. The average Bonchev–Trinajstić information content (AvgIpc) is 2.65. The first-order valence-corrected chi connectivity index (χ1v) is 5.22. The maximum absolute atomic E-state index is 11.6. The normalized spacial score (nSPS) is 26.4. The lowest BCUT2D eigenvalue weighted by atomic mass is 10.0. The van der Waals surface area contributed by atoms with Gasteiger partial charge in [0.15, 0.2) is 5.78 Å². The zero-order chi connectivity index (χ0) is 10.6. The van der Waals surface area contributed by atoms with Crippen LogP contribution >= 0.6 is 0 Å². The minimum absolute atomic E-state index is 0.0823. The van der Waals surface area contributed by atoms with Crippen LogP contribution in [0.4, 0.5) is 0 Å². The molecule has 1 heterocycles. The first-order valence-electron chi connectivity index (χ1n) is 5.22. The van der Waals surface area contributed by atoms with Crippen molar-refractivity contribution in [2.75, 3.05) is 6.54 Å². The van der Waals surface area contributed by atoms with Crippen LogP contribution in [0, 0.1) is 0 Å². The Kier molecular flexibility index (Phi) is 4.29. The smallest absolute Gasteiger partial charge is 0.165 e. The monoisotopic (exact) mass is 197 g/mol. The summed E-state index contributed by atoms with van der Waals surface area (Å²) in [6, 6.07) is 0. The number of allylic oxidation sites excluding steroid dienone is 1. The summed E-state index contributed by atoms with van der Waals surface area (Å²) in [5, 5.41) is 0. The molecule has 2 N–H and O–H groups in total. The van der Waals surface area contributed by atoms with Crippen molar-refractivity contribution in [3.8, 4) is 0 Å². The van der Waals surface area contributed by atoms with Gasteiger partial charge in [0.05, 0.1) is 6.10 Å². The molecule has 0 radical (unpaired) electrons. The van der Waals surface area contributed by atoms with Crippen LogP contribution in [0.5, 0.6) is 0 Å². The Hall–Kier alpha value is -0.670. The summed E-state index contributed by atoms with van der Waals surface area (Å²) >= 11 is 0. The fourth-order valence-corrected chi connectivity index (χ4v) is 1.60. The van der Waals surface area contributed by atoms with E-state index in [1.165, 1.54) is 0 Å². The van der Waals surface area contributed by atoms with Gasteiger partial charge < -0.3 is 10.5 Å². The molecule has 2 atom stereocenters. The van der Waals surface area contributed by atoms with E-state index in [9.17, 15) is 4.79 Å². The van der Waals surface area contributed by atoms with E-state index in [1.807, 2.05) is 6.92 Å². The fraction of sp³-hybridized carbons (Fsp3) is 0.727. The third-order valence-electron chi connectivity index (χ3n) is 2.65. The second kappa shape index (κ2) is 5.27. The predicted molar refractivity (Wildman–Crippen MR) is 56.0 cm³/mol. The van der Waals surface area contributed by atoms with Crippen molar-refractivity contribution in [1.82, 2.24) is 0 Å². The van der Waals surface area contributed by atoms with Gasteiger partial charge in [0.1, 0.15) is 6.10 Å². The second-order valence-corrected chi connectivity index (χ2v) is 3.81. The van der Waals surface area contributed by atoms with Crippen LogP contribution in [0.3, 0.4) is 0 Å². The molecule has 0 amide bonds. The minimum atomic E-state index is -0.230. The molecule has 0 saturated carbocycles. The summed E-state index contributed by atoms with van der Waals surface area (Å²) in [6.45, 7) is 6.34. The number of Topliss-reactive ketones (excluding diaryl/α,β-unsaturated/α-hetero) is 1. The predicted octanol–water partition coefficient (Wildman–Crippen LogP) is 1.42. The summed E-state index contributed by atoms with van der Waals surface area (Å²) in [4.78, 5) is 11.6. The van der Waals surface area contributed by atoms with Crippen LogP contribution in [-0.4, -0.2) is 24.5 Å². The van der Waals surface area contributed by atoms with Crippen LogP contribution in [0.1, 0.15) is 32.6 Å². The number of ether oxygens (including phenoxy) is 1. The molecule has 0 aromatic carbocycles. The highest BCUT2D eigenvalue weighted by Gasteiger charge is 2.29. The lowest BCUT2D eigenvalue weighted by Gasteiger charge is -2.11. The van der Waals surface area contributed by atoms with Crippen LogP contribution in [0.2, 0.25) is 0 Å². The van der Waals surface area contributed by atoms with Crippen molar-refractivity contribution >= 4 is 5.78 Å². The molecule has 0 aromatic heterocycles. The summed E-state index contributed by atoms with van der Waals surface area (Å²) in [5.74, 6) is 0.160. The van der Waals surface area contributed by atoms with Crippen molar-refractivity contribution in [1.29, 1.82) is 0 Å². The Morgan fingerprint density at radius 1 is 1.57 bits per heavy atom. The Bertz CT molecular complexity index is 225. The van der Waals surface area contributed by atoms with Gasteiger partial charge >= 0.3 is 0 Å². The van der Waals surface area contributed by atoms with Gasteiger partial charge in [0, 0.05) is 13.0 Å². The molecule has 0 bridgehead atoms. The van der Waals surface area contributed by atoms with Crippen molar-refractivity contribution in [2.45, 2.75) is 44.8 Å². The standard InChI is InChI=1S/C11H19NO2/c1-3-8(2)6-10(13)11-5-4-9(7-12)14-11/h9,11H,2-7,12H2,1H3. The number of ketones is 1. The lowest BCUT2D eigenvalue weighted by Crippen LogP contribution is -2.25. The van der Waals surface area contributed by atoms with Crippen molar-refractivity contribution in [3.05, 3.63) is 12.2 Å². The highest BCUT2D eigenvalue weighted by atomic mass is 16.5. The molecular weight excluding hydrogens is 178 g/mol. The number of carbonyl (C=O) groups excluding carboxylic acids is 1. The molecule has 1 rings (SSSR count). The third kappa shape index (κ3) is 2.93. The Labute approximate surface area is 85.3 Å². The first kappa shape index (κ1) is 11.4. The van der Waals surface area contributed by atoms with Gasteiger partial charge in [0.2, 0.25) is 0 Å². The van der Waals surface area contributed by atoms with Gasteiger partial charge in [-0.05, 0) is 19.3 Å². The highest BCUT2D eigenvalue weighted by molar-refractivity contribution is 5.85. The van der Waals surface area contributed by atoms with Crippen LogP contribution in [0.25, 0.3) is 0 Å². The van der Waals surface area contributed by atoms with Gasteiger partial charge in [-0.25, -0.2) is 0 Å². The molecule has 0 aliphatic carbocycles. The molecule has 1 aliphatic heterocycles. The number of hydrogen-bond donors (Lipinski definition) is 1. The van der Waals surface area contributed by atoms with E-state index in [2.05, 4.69) is 6.58 Å². The quantitative estimate of drug-likeness (QED) is 0.678. The summed E-state index contributed by atoms with van der Waals surface area (Å²) in [5.41, 5.74) is 6.45. The van der Waals surface area contributed by atoms with Crippen molar-refractivity contribution in [3.63, 3.8) is 0 Å². The molecule has 80 valence electrons. The summed E-state index contributed by atoms with van der Waals surface area (Å²) < 4.78 is 5.50. The van der Waals surface area contributed by atoms with Gasteiger partial charge in [0.25, 0.3) is 0 Å². The van der Waals surface area contributed by atoms with Gasteiger partial charge in [-0.15, -0.1) is 0 Å². The Morgan fingerprint density at radius 2 is 2.29 bits per heavy atom. The van der Waals surface area contributed by atoms with Gasteiger partial charge in [-0.1, -0.05) is 19.1 Å². The molecular formula is C11H19NO2. The van der Waals surface area contributed by atoms with E-state index >= 15 is 0 Å². The molecule has 2 unspecified atom stereocenters. The molecule has 0 spiro atoms. The maximum atomic E-state index is 11.6. The fourth-order valence-electron chi connectivity index (χ4n) is 1.60. The largest absolute Gasteiger partial charge is 0.366 e. The molecule has 1 saturated heterocycles. The van der Waals surface area contributed by atoms with E-state index in [4.69, 9.17) is 10.5 Å². The molecule has 3 heteroatoms. The summed E-state index contributed by atoms with van der Waals surface area (Å²) in [6.07, 6.45) is 2.89. The van der Waals surface area contributed by atoms with E-state index < -0.39 is 0 Å². The molecule has 3 nitrogen and oxygen atoms in total. The number of nitrogens with two attached hydrogens (primary N) is 1. The number of rotatable bonds is 5. The Morgan fingerprint density at radius 3 is 2.79 bits per heavy atom. The van der Waals surface area contributed by atoms with E-state index in [1.54, 1.807) is 0 Å². The summed E-state index contributed by atoms with van der Waals surface area (Å²) in [7, 11) is 0. The van der Waals surface area contributed by atoms with Crippen molar-refractivity contribution in [2.24, 2.45) is 5.73 Å². The minimum Gasteiger partial charge on any atom is -0.366 e. The third-order valence-corrected chi connectivity index (χ3v) is 2.65. The average molecular weight is 197 g/mol. The zero-order valence-corrected chi connectivity index (χ0v) is 8.79. The lowest BCUT2D eigenvalue weighted by molar-refractivity contribution is -0.128. The Balaban J connectivity index is 2.35. The number of carbonyl (C=O) groups is 1. The molecule has 1 fully saturated rings. The van der Waals surface area contributed by atoms with Crippen LogP contribution in [-0.2, 0) is 9.53 Å². The zero-order valence-electron chi connectivity index (χ0n) is 8.79. The SMILES string of the molecule is C=C(CC)CC(=O)C1CCC(CN)O1. The van der Waals surface area contributed by atoms with E-state index in [0.29, 0.717) is 13.0 Å². The van der Waals surface area contributed by atoms with Gasteiger partial charge in [-0.3, -0.25) is 4.79 Å². The second-order valence-electron chi connectivity index (χ2n) is 3.81. The topological polar surface area (TPSA) is 52.3 Å². The molecule has 14 heavy (non-hydrogen) atoms. The number of hydrogen-bond acceptors (Lipinski definition) is 3. The van der Waals surface area contributed by atoms with Crippen LogP contribution < -0.4 is 5.73 Å².